The van der Waals surface area contributed by atoms with E-state index in [9.17, 15) is 14.4 Å². The second-order valence-corrected chi connectivity index (χ2v) is 7.29. The van der Waals surface area contributed by atoms with Crippen LogP contribution in [0.4, 0.5) is 0 Å². The lowest BCUT2D eigenvalue weighted by Gasteiger charge is -2.32. The Bertz CT molecular complexity index is 697. The first-order valence-corrected chi connectivity index (χ1v) is 8.29. The second kappa shape index (κ2) is 7.21. The van der Waals surface area contributed by atoms with Crippen molar-refractivity contribution in [2.24, 2.45) is 5.41 Å². The van der Waals surface area contributed by atoms with Crippen LogP contribution in [-0.4, -0.2) is 30.4 Å². The zero-order valence-corrected chi connectivity index (χ0v) is 15.1. The van der Waals surface area contributed by atoms with Gasteiger partial charge in [0.25, 0.3) is 0 Å². The van der Waals surface area contributed by atoms with Gasteiger partial charge in [-0.05, 0) is 45.3 Å². The van der Waals surface area contributed by atoms with Crippen LogP contribution in [0, 0.1) is 5.41 Å². The minimum atomic E-state index is -1.05. The smallest absolute Gasteiger partial charge is 0.341 e. The molecule has 0 aliphatic heterocycles. The molecule has 1 aromatic carbocycles. The van der Waals surface area contributed by atoms with Gasteiger partial charge in [-0.15, -0.1) is 0 Å². The van der Waals surface area contributed by atoms with Gasteiger partial charge in [0.05, 0.1) is 18.1 Å². The number of hydrogen-bond acceptors (Lipinski definition) is 5. The van der Waals surface area contributed by atoms with Crippen LogP contribution < -0.4 is 0 Å². The third kappa shape index (κ3) is 4.56. The molecule has 0 N–H and O–H groups in total. The fraction of sp³-hybridized carbons (Fsp3) is 0.450. The van der Waals surface area contributed by atoms with Crippen molar-refractivity contribution >= 4 is 17.7 Å². The molecule has 0 aromatic heterocycles. The maximum Gasteiger partial charge on any atom is 0.341 e. The second-order valence-electron chi connectivity index (χ2n) is 7.29. The number of carbonyl (C=O) groups is 3. The summed E-state index contributed by atoms with van der Waals surface area (Å²) in [5, 5.41) is 0. The summed E-state index contributed by atoms with van der Waals surface area (Å²) in [5.74, 6) is -1.45. The van der Waals surface area contributed by atoms with Crippen molar-refractivity contribution in [3.8, 4) is 0 Å². The molecule has 0 saturated heterocycles. The molecular formula is C20H24O5. The lowest BCUT2D eigenvalue weighted by Crippen LogP contribution is -2.39. The van der Waals surface area contributed by atoms with E-state index >= 15 is 0 Å². The van der Waals surface area contributed by atoms with Crippen LogP contribution in [0.25, 0.3) is 0 Å². The fourth-order valence-electron chi connectivity index (χ4n) is 2.94. The average Bonchev–Trinajstić information content (AvgIpc) is 2.55. The van der Waals surface area contributed by atoms with E-state index in [1.165, 1.54) is 13.2 Å². The Morgan fingerprint density at radius 1 is 1.16 bits per heavy atom. The minimum absolute atomic E-state index is 0.0671. The first-order valence-electron chi connectivity index (χ1n) is 8.29. The molecule has 0 bridgehead atoms. The summed E-state index contributed by atoms with van der Waals surface area (Å²) in [4.78, 5) is 37.2. The highest BCUT2D eigenvalue weighted by molar-refractivity contribution is 6.18. The highest BCUT2D eigenvalue weighted by Crippen LogP contribution is 2.38. The lowest BCUT2D eigenvalue weighted by molar-refractivity contribution is -0.152. The number of hydrogen-bond donors (Lipinski definition) is 0. The fourth-order valence-corrected chi connectivity index (χ4v) is 2.94. The Morgan fingerprint density at radius 3 is 2.36 bits per heavy atom. The molecule has 0 saturated carbocycles. The summed E-state index contributed by atoms with van der Waals surface area (Å²) in [6.07, 6.45) is 2.22. The van der Waals surface area contributed by atoms with Crippen LogP contribution in [-0.2, 0) is 30.3 Å². The largest absolute Gasteiger partial charge is 0.468 e. The van der Waals surface area contributed by atoms with Crippen LogP contribution in [0.5, 0.6) is 0 Å². The van der Waals surface area contributed by atoms with Crippen molar-refractivity contribution in [3.63, 3.8) is 0 Å². The Labute approximate surface area is 148 Å². The van der Waals surface area contributed by atoms with Crippen molar-refractivity contribution in [1.82, 2.24) is 0 Å². The van der Waals surface area contributed by atoms with Gasteiger partial charge in [0.15, 0.2) is 5.78 Å². The first kappa shape index (κ1) is 18.9. The van der Waals surface area contributed by atoms with Crippen LogP contribution in [0.2, 0.25) is 0 Å². The van der Waals surface area contributed by atoms with Gasteiger partial charge in [0.2, 0.25) is 0 Å². The maximum atomic E-state index is 12.5. The van der Waals surface area contributed by atoms with Crippen molar-refractivity contribution in [2.45, 2.75) is 45.6 Å². The number of esters is 2. The zero-order chi connectivity index (χ0) is 18.7. The van der Waals surface area contributed by atoms with Crippen LogP contribution in [0.1, 0.15) is 39.2 Å². The molecule has 1 aromatic rings. The molecule has 0 heterocycles. The van der Waals surface area contributed by atoms with Crippen molar-refractivity contribution < 1.29 is 23.9 Å². The van der Waals surface area contributed by atoms with E-state index in [-0.39, 0.29) is 17.8 Å². The quantitative estimate of drug-likeness (QED) is 0.620. The molecule has 1 aliphatic carbocycles. The summed E-state index contributed by atoms with van der Waals surface area (Å²) in [5.41, 5.74) is -0.899. The number of methoxy groups -OCH3 is 1. The topological polar surface area (TPSA) is 69.7 Å². The average molecular weight is 344 g/mol. The van der Waals surface area contributed by atoms with E-state index in [0.29, 0.717) is 12.8 Å². The predicted molar refractivity (Wildman–Crippen MR) is 92.8 cm³/mol. The molecule has 0 radical (unpaired) electrons. The van der Waals surface area contributed by atoms with E-state index in [0.717, 1.165) is 5.56 Å². The Balaban J connectivity index is 2.43. The monoisotopic (exact) mass is 344 g/mol. The highest BCUT2D eigenvalue weighted by atomic mass is 16.6. The van der Waals surface area contributed by atoms with E-state index in [1.54, 1.807) is 20.8 Å². The van der Waals surface area contributed by atoms with Gasteiger partial charge < -0.3 is 9.47 Å². The summed E-state index contributed by atoms with van der Waals surface area (Å²) in [6.45, 7) is 5.20. The van der Waals surface area contributed by atoms with Crippen LogP contribution in [0.3, 0.4) is 0 Å². The molecule has 1 aliphatic rings. The zero-order valence-electron chi connectivity index (χ0n) is 15.1. The molecule has 5 heteroatoms. The first-order chi connectivity index (χ1) is 11.7. The molecule has 0 amide bonds. The number of ketones is 1. The Morgan fingerprint density at radius 2 is 1.80 bits per heavy atom. The van der Waals surface area contributed by atoms with E-state index in [2.05, 4.69) is 0 Å². The van der Waals surface area contributed by atoms with Crippen molar-refractivity contribution in [3.05, 3.63) is 47.5 Å². The van der Waals surface area contributed by atoms with Crippen molar-refractivity contribution in [1.29, 1.82) is 0 Å². The Hall–Kier alpha value is -2.43. The highest BCUT2D eigenvalue weighted by Gasteiger charge is 2.44. The van der Waals surface area contributed by atoms with Gasteiger partial charge in [-0.3, -0.25) is 9.59 Å². The molecule has 25 heavy (non-hydrogen) atoms. The molecule has 134 valence electrons. The predicted octanol–water partition coefficient (Wildman–Crippen LogP) is 3.02. The standard InChI is InChI=1S/C20H24O5/c1-19(2,3)25-17(22)15-13-20(18(23)24-4,11-10-16(15)21)12-14-8-6-5-7-9-14/h5-9,13H,10-12H2,1-4H3/t20-/m0/s1. The summed E-state index contributed by atoms with van der Waals surface area (Å²) >= 11 is 0. The van der Waals surface area contributed by atoms with Crippen LogP contribution >= 0.6 is 0 Å². The third-order valence-electron chi connectivity index (χ3n) is 4.09. The SMILES string of the molecule is COC(=O)[C@@]1(Cc2ccccc2)C=C(C(=O)OC(C)(C)C)C(=O)CC1. The molecular weight excluding hydrogens is 320 g/mol. The maximum absolute atomic E-state index is 12.5. The molecule has 5 nitrogen and oxygen atoms in total. The number of rotatable bonds is 4. The van der Waals surface area contributed by atoms with Crippen LogP contribution in [0.15, 0.2) is 42.0 Å². The molecule has 0 spiro atoms. The van der Waals surface area contributed by atoms with E-state index < -0.39 is 23.0 Å². The third-order valence-corrected chi connectivity index (χ3v) is 4.09. The lowest BCUT2D eigenvalue weighted by atomic mass is 9.72. The Kier molecular flexibility index (Phi) is 5.45. The molecule has 0 fully saturated rings. The van der Waals surface area contributed by atoms with Gasteiger partial charge >= 0.3 is 11.9 Å². The minimum Gasteiger partial charge on any atom is -0.468 e. The van der Waals surface area contributed by atoms with Crippen molar-refractivity contribution in [2.75, 3.05) is 7.11 Å². The van der Waals surface area contributed by atoms with Gasteiger partial charge in [0.1, 0.15) is 5.60 Å². The molecule has 1 atom stereocenters. The van der Waals surface area contributed by atoms with Gasteiger partial charge in [-0.2, -0.15) is 0 Å². The summed E-state index contributed by atoms with van der Waals surface area (Å²) in [7, 11) is 1.31. The number of ether oxygens (including phenoxy) is 2. The molecule has 0 unspecified atom stereocenters. The number of carbonyl (C=O) groups excluding carboxylic acids is 3. The normalized spacial score (nSPS) is 20.6. The van der Waals surface area contributed by atoms with E-state index in [4.69, 9.17) is 9.47 Å². The number of benzene rings is 1. The number of Topliss-reactive ketones (excluding diaryl/α,β-unsaturated/α-hetero) is 1. The van der Waals surface area contributed by atoms with Gasteiger partial charge in [0, 0.05) is 6.42 Å². The van der Waals surface area contributed by atoms with E-state index in [1.807, 2.05) is 30.3 Å². The summed E-state index contributed by atoms with van der Waals surface area (Å²) < 4.78 is 10.3. The van der Waals surface area contributed by atoms with Gasteiger partial charge in [-0.25, -0.2) is 4.79 Å². The van der Waals surface area contributed by atoms with Gasteiger partial charge in [-0.1, -0.05) is 30.3 Å². The summed E-state index contributed by atoms with van der Waals surface area (Å²) in [6, 6.07) is 9.46. The molecule has 2 rings (SSSR count).